The number of benzene rings is 2. The van der Waals surface area contributed by atoms with E-state index in [0.717, 1.165) is 0 Å². The average molecular weight is 426 g/mol. The topological polar surface area (TPSA) is 49.4 Å². The van der Waals surface area contributed by atoms with Crippen LogP contribution >= 0.6 is 35.6 Å². The van der Waals surface area contributed by atoms with E-state index < -0.39 is 21.9 Å². The van der Waals surface area contributed by atoms with E-state index in [0.29, 0.717) is 18.7 Å². The Hall–Kier alpha value is -0.890. The van der Waals surface area contributed by atoms with E-state index in [1.165, 1.54) is 28.6 Å². The fraction of sp³-hybridized carbons (Fsp3) is 0.250. The number of hydrogen-bond donors (Lipinski definition) is 1. The molecule has 0 spiro atoms. The van der Waals surface area contributed by atoms with Crippen LogP contribution in [0.25, 0.3) is 0 Å². The van der Waals surface area contributed by atoms with Crippen molar-refractivity contribution in [2.75, 3.05) is 19.6 Å². The van der Waals surface area contributed by atoms with Gasteiger partial charge in [0.25, 0.3) is 0 Å². The van der Waals surface area contributed by atoms with Gasteiger partial charge in [-0.15, -0.1) is 12.4 Å². The lowest BCUT2D eigenvalue weighted by atomic mass is 10.1. The fourth-order valence-corrected chi connectivity index (χ4v) is 5.53. The molecule has 1 N–H and O–H groups in total. The van der Waals surface area contributed by atoms with E-state index in [1.807, 2.05) is 0 Å². The minimum absolute atomic E-state index is 0. The zero-order valence-corrected chi connectivity index (χ0v) is 16.1. The smallest absolute Gasteiger partial charge is 0.246 e. The van der Waals surface area contributed by atoms with Crippen molar-refractivity contribution >= 4 is 45.6 Å². The summed E-state index contributed by atoms with van der Waals surface area (Å²) in [5.41, 5.74) is 0.578. The number of hydrogen-bond acceptors (Lipinski definition) is 3. The number of piperazine rings is 1. The van der Waals surface area contributed by atoms with Crippen LogP contribution in [-0.4, -0.2) is 32.4 Å². The second-order valence-corrected chi connectivity index (χ2v) is 8.08. The SMILES string of the molecule is Cl.O=S(=O)(c1c(Cl)cccc1Cl)N1CCNCC1c1cccc(F)c1. The quantitative estimate of drug-likeness (QED) is 0.811. The molecule has 1 aliphatic heterocycles. The van der Waals surface area contributed by atoms with Crippen LogP contribution in [0, 0.1) is 5.82 Å². The molecule has 0 bridgehead atoms. The maximum Gasteiger partial charge on any atom is 0.246 e. The van der Waals surface area contributed by atoms with Crippen LogP contribution < -0.4 is 5.32 Å². The van der Waals surface area contributed by atoms with Crippen molar-refractivity contribution in [2.24, 2.45) is 0 Å². The summed E-state index contributed by atoms with van der Waals surface area (Å²) in [6.45, 7) is 1.11. The molecule has 0 amide bonds. The predicted octanol–water partition coefficient (Wildman–Crippen LogP) is 3.89. The summed E-state index contributed by atoms with van der Waals surface area (Å²) in [5.74, 6) is -0.411. The number of rotatable bonds is 3. The molecule has 0 aliphatic carbocycles. The van der Waals surface area contributed by atoms with Crippen molar-refractivity contribution in [1.82, 2.24) is 9.62 Å². The van der Waals surface area contributed by atoms with Crippen molar-refractivity contribution in [1.29, 1.82) is 0 Å². The van der Waals surface area contributed by atoms with Crippen LogP contribution in [0.5, 0.6) is 0 Å². The van der Waals surface area contributed by atoms with Gasteiger partial charge in [0.05, 0.1) is 16.1 Å². The average Bonchev–Trinajstić information content (AvgIpc) is 2.54. The minimum atomic E-state index is -3.93. The van der Waals surface area contributed by atoms with E-state index in [4.69, 9.17) is 23.2 Å². The highest BCUT2D eigenvalue weighted by atomic mass is 35.5. The molecule has 0 saturated carbocycles. The molecule has 0 aromatic heterocycles. The Morgan fingerprint density at radius 2 is 1.76 bits per heavy atom. The lowest BCUT2D eigenvalue weighted by molar-refractivity contribution is 0.271. The Balaban J connectivity index is 0.00000225. The zero-order chi connectivity index (χ0) is 17.3. The van der Waals surface area contributed by atoms with E-state index in [-0.39, 0.29) is 33.9 Å². The first-order valence-corrected chi connectivity index (χ1v) is 9.53. The number of sulfonamides is 1. The van der Waals surface area contributed by atoms with Crippen molar-refractivity contribution in [3.63, 3.8) is 0 Å². The molecular formula is C16H16Cl3FN2O2S. The summed E-state index contributed by atoms with van der Waals surface area (Å²) in [5, 5.41) is 3.28. The second-order valence-electron chi connectivity index (χ2n) is 5.44. The van der Waals surface area contributed by atoms with Gasteiger partial charge in [-0.25, -0.2) is 12.8 Å². The highest BCUT2D eigenvalue weighted by molar-refractivity contribution is 7.89. The maximum atomic E-state index is 13.6. The lowest BCUT2D eigenvalue weighted by Gasteiger charge is -2.35. The van der Waals surface area contributed by atoms with E-state index in [1.54, 1.807) is 18.2 Å². The Bertz CT molecular complexity index is 844. The zero-order valence-electron chi connectivity index (χ0n) is 13.0. The minimum Gasteiger partial charge on any atom is -0.313 e. The molecule has 0 radical (unpaired) electrons. The van der Waals surface area contributed by atoms with Crippen molar-refractivity contribution in [3.05, 3.63) is 63.9 Å². The summed E-state index contributed by atoms with van der Waals surface area (Å²) in [6, 6.07) is 9.96. The number of nitrogens with zero attached hydrogens (tertiary/aromatic N) is 1. The molecule has 1 unspecified atom stereocenters. The van der Waals surface area contributed by atoms with Gasteiger partial charge in [-0.3, -0.25) is 0 Å². The van der Waals surface area contributed by atoms with E-state index in [9.17, 15) is 12.8 Å². The molecule has 3 rings (SSSR count). The Morgan fingerprint density at radius 3 is 2.40 bits per heavy atom. The van der Waals surface area contributed by atoms with Gasteiger partial charge in [0.15, 0.2) is 0 Å². The fourth-order valence-electron chi connectivity index (χ4n) is 2.82. The standard InChI is InChI=1S/C16H15Cl2FN2O2S.ClH/c17-13-5-2-6-14(18)16(13)24(22,23)21-8-7-20-10-15(21)11-3-1-4-12(19)9-11;/h1-6,9,15,20H,7-8,10H2;1H. The number of halogens is 4. The summed E-state index contributed by atoms with van der Waals surface area (Å²) in [6.07, 6.45) is 0. The first kappa shape index (κ1) is 20.4. The third-order valence-electron chi connectivity index (χ3n) is 3.91. The van der Waals surface area contributed by atoms with Crippen LogP contribution in [0.4, 0.5) is 4.39 Å². The highest BCUT2D eigenvalue weighted by Gasteiger charge is 2.36. The normalized spacial score (nSPS) is 18.6. The van der Waals surface area contributed by atoms with Gasteiger partial charge in [0.2, 0.25) is 10.0 Å². The molecule has 136 valence electrons. The first-order chi connectivity index (χ1) is 11.4. The van der Waals surface area contributed by atoms with Crippen LogP contribution in [0.3, 0.4) is 0 Å². The lowest BCUT2D eigenvalue weighted by Crippen LogP contribution is -2.48. The summed E-state index contributed by atoms with van der Waals surface area (Å²) < 4.78 is 41.2. The second kappa shape index (κ2) is 8.20. The third kappa shape index (κ3) is 4.10. The maximum absolute atomic E-state index is 13.6. The molecule has 1 saturated heterocycles. The molecule has 1 atom stereocenters. The van der Waals surface area contributed by atoms with Gasteiger partial charge < -0.3 is 5.32 Å². The summed E-state index contributed by atoms with van der Waals surface area (Å²) in [4.78, 5) is -0.114. The molecular weight excluding hydrogens is 410 g/mol. The van der Waals surface area contributed by atoms with Gasteiger partial charge in [0.1, 0.15) is 10.7 Å². The van der Waals surface area contributed by atoms with Crippen LogP contribution in [0.15, 0.2) is 47.4 Å². The Morgan fingerprint density at radius 1 is 1.12 bits per heavy atom. The predicted molar refractivity (Wildman–Crippen MR) is 99.6 cm³/mol. The molecule has 25 heavy (non-hydrogen) atoms. The largest absolute Gasteiger partial charge is 0.313 e. The molecule has 1 aliphatic rings. The van der Waals surface area contributed by atoms with Gasteiger partial charge in [-0.2, -0.15) is 4.31 Å². The van der Waals surface area contributed by atoms with Gasteiger partial charge in [-0.05, 0) is 29.8 Å². The number of nitrogens with one attached hydrogen (secondary N) is 1. The van der Waals surface area contributed by atoms with Crippen LogP contribution in [0.2, 0.25) is 10.0 Å². The van der Waals surface area contributed by atoms with Gasteiger partial charge >= 0.3 is 0 Å². The van der Waals surface area contributed by atoms with Gasteiger partial charge in [-0.1, -0.05) is 41.4 Å². The molecule has 9 heteroatoms. The Kier molecular flexibility index (Phi) is 6.70. The molecule has 1 fully saturated rings. The van der Waals surface area contributed by atoms with Crippen LogP contribution in [0.1, 0.15) is 11.6 Å². The Labute approximate surface area is 162 Å². The first-order valence-electron chi connectivity index (χ1n) is 7.33. The van der Waals surface area contributed by atoms with E-state index >= 15 is 0 Å². The van der Waals surface area contributed by atoms with Gasteiger partial charge in [0, 0.05) is 19.6 Å². The van der Waals surface area contributed by atoms with Crippen LogP contribution in [-0.2, 0) is 10.0 Å². The molecule has 2 aromatic rings. The highest BCUT2D eigenvalue weighted by Crippen LogP contribution is 2.35. The monoisotopic (exact) mass is 424 g/mol. The molecule has 4 nitrogen and oxygen atoms in total. The summed E-state index contributed by atoms with van der Waals surface area (Å²) >= 11 is 12.2. The van der Waals surface area contributed by atoms with Crippen molar-refractivity contribution in [2.45, 2.75) is 10.9 Å². The summed E-state index contributed by atoms with van der Waals surface area (Å²) in [7, 11) is -3.93. The van der Waals surface area contributed by atoms with E-state index in [2.05, 4.69) is 5.32 Å². The molecule has 1 heterocycles. The molecule has 2 aromatic carbocycles. The van der Waals surface area contributed by atoms with Crippen molar-refractivity contribution < 1.29 is 12.8 Å². The third-order valence-corrected chi connectivity index (χ3v) is 6.78. The van der Waals surface area contributed by atoms with Crippen molar-refractivity contribution in [3.8, 4) is 0 Å².